The normalized spacial score (nSPS) is 14.3. The number of benzene rings is 4. The number of amides is 2. The van der Waals surface area contributed by atoms with Gasteiger partial charge in [-0.15, -0.1) is 0 Å². The summed E-state index contributed by atoms with van der Waals surface area (Å²) in [6, 6.07) is 33.9. The van der Waals surface area contributed by atoms with Gasteiger partial charge in [-0.05, 0) is 52.1 Å². The summed E-state index contributed by atoms with van der Waals surface area (Å²) in [5.41, 5.74) is 5.85. The van der Waals surface area contributed by atoms with Crippen LogP contribution < -0.4 is 5.32 Å². The summed E-state index contributed by atoms with van der Waals surface area (Å²) in [5.74, 6) is -0.379. The van der Waals surface area contributed by atoms with Gasteiger partial charge in [-0.3, -0.25) is 9.59 Å². The van der Waals surface area contributed by atoms with E-state index in [-0.39, 0.29) is 11.8 Å². The van der Waals surface area contributed by atoms with Gasteiger partial charge in [-0.25, -0.2) is 0 Å². The average Bonchev–Trinajstić information content (AvgIpc) is 3.19. The molecule has 5 rings (SSSR count). The van der Waals surface area contributed by atoms with Crippen LogP contribution in [0, 0.1) is 11.3 Å². The molecule has 0 saturated carbocycles. The van der Waals surface area contributed by atoms with E-state index in [1.165, 1.54) is 0 Å². The van der Waals surface area contributed by atoms with Gasteiger partial charge in [0.2, 0.25) is 5.91 Å². The van der Waals surface area contributed by atoms with Crippen molar-refractivity contribution in [3.8, 4) is 17.2 Å². The fraction of sp³-hybridized carbons (Fsp3) is 0.100. The molecule has 5 nitrogen and oxygen atoms in total. The summed E-state index contributed by atoms with van der Waals surface area (Å²) in [7, 11) is 0. The standard InChI is InChI=1S/C30H23N3O2/c31-18-21-13-15-22(16-14-21)19-32-29(34)28-26-11-4-5-12-27(26)30(35)33(28)20-23-7-6-10-25(17-23)24-8-2-1-3-9-24/h1-17,28H,19-20H2,(H,32,34). The van der Waals surface area contributed by atoms with E-state index in [9.17, 15) is 9.59 Å². The van der Waals surface area contributed by atoms with Crippen molar-refractivity contribution in [2.24, 2.45) is 0 Å². The van der Waals surface area contributed by atoms with Crippen LogP contribution in [-0.2, 0) is 17.9 Å². The molecule has 170 valence electrons. The largest absolute Gasteiger partial charge is 0.350 e. The lowest BCUT2D eigenvalue weighted by Gasteiger charge is -2.25. The number of nitriles is 1. The first-order valence-corrected chi connectivity index (χ1v) is 11.4. The zero-order valence-electron chi connectivity index (χ0n) is 19.0. The zero-order valence-corrected chi connectivity index (χ0v) is 19.0. The number of carbonyl (C=O) groups excluding carboxylic acids is 2. The maximum absolute atomic E-state index is 13.4. The highest BCUT2D eigenvalue weighted by atomic mass is 16.2. The third-order valence-electron chi connectivity index (χ3n) is 6.24. The molecule has 4 aromatic carbocycles. The lowest BCUT2D eigenvalue weighted by atomic mass is 10.0. The first-order chi connectivity index (χ1) is 17.1. The molecule has 0 bridgehead atoms. The summed E-state index contributed by atoms with van der Waals surface area (Å²) in [5, 5.41) is 12.0. The molecule has 2 amide bonds. The smallest absolute Gasteiger partial charge is 0.255 e. The summed E-state index contributed by atoms with van der Waals surface area (Å²) in [6.45, 7) is 0.637. The van der Waals surface area contributed by atoms with E-state index >= 15 is 0 Å². The van der Waals surface area contributed by atoms with Gasteiger partial charge in [0.05, 0.1) is 11.6 Å². The van der Waals surface area contributed by atoms with Crippen LogP contribution in [0.25, 0.3) is 11.1 Å². The van der Waals surface area contributed by atoms with E-state index in [2.05, 4.69) is 29.6 Å². The number of nitrogens with one attached hydrogen (secondary N) is 1. The molecule has 1 unspecified atom stereocenters. The fourth-order valence-electron chi connectivity index (χ4n) is 4.48. The maximum Gasteiger partial charge on any atom is 0.255 e. The Morgan fingerprint density at radius 1 is 0.829 bits per heavy atom. The molecule has 35 heavy (non-hydrogen) atoms. The number of rotatable bonds is 6. The van der Waals surface area contributed by atoms with Crippen molar-refractivity contribution in [2.75, 3.05) is 0 Å². The van der Waals surface area contributed by atoms with Crippen molar-refractivity contribution in [2.45, 2.75) is 19.1 Å². The molecule has 0 aromatic heterocycles. The molecule has 4 aromatic rings. The van der Waals surface area contributed by atoms with E-state index < -0.39 is 6.04 Å². The minimum Gasteiger partial charge on any atom is -0.350 e. The molecule has 1 heterocycles. The van der Waals surface area contributed by atoms with Crippen molar-refractivity contribution in [3.05, 3.63) is 131 Å². The number of carbonyl (C=O) groups is 2. The minimum absolute atomic E-state index is 0.149. The third kappa shape index (κ3) is 4.55. The molecule has 0 fully saturated rings. The van der Waals surface area contributed by atoms with Crippen molar-refractivity contribution >= 4 is 11.8 Å². The van der Waals surface area contributed by atoms with Crippen LogP contribution >= 0.6 is 0 Å². The summed E-state index contributed by atoms with van der Waals surface area (Å²) in [4.78, 5) is 28.4. The van der Waals surface area contributed by atoms with Crippen molar-refractivity contribution in [1.29, 1.82) is 5.26 Å². The molecule has 0 radical (unpaired) electrons. The molecule has 1 atom stereocenters. The molecular formula is C30H23N3O2. The maximum atomic E-state index is 13.4. The van der Waals surface area contributed by atoms with Gasteiger partial charge in [0.1, 0.15) is 6.04 Å². The van der Waals surface area contributed by atoms with E-state index in [1.54, 1.807) is 23.1 Å². The zero-order chi connectivity index (χ0) is 24.2. The van der Waals surface area contributed by atoms with Crippen molar-refractivity contribution in [1.82, 2.24) is 10.2 Å². The van der Waals surface area contributed by atoms with Crippen molar-refractivity contribution in [3.63, 3.8) is 0 Å². The topological polar surface area (TPSA) is 73.2 Å². The van der Waals surface area contributed by atoms with Crippen LogP contribution in [0.1, 0.15) is 38.7 Å². The van der Waals surface area contributed by atoms with Crippen LogP contribution in [0.3, 0.4) is 0 Å². The minimum atomic E-state index is -0.711. The predicted molar refractivity (Wildman–Crippen MR) is 134 cm³/mol. The first-order valence-electron chi connectivity index (χ1n) is 11.4. The van der Waals surface area contributed by atoms with Crippen LogP contribution in [0.2, 0.25) is 0 Å². The Labute approximate surface area is 204 Å². The van der Waals surface area contributed by atoms with Crippen LogP contribution in [-0.4, -0.2) is 16.7 Å². The highest BCUT2D eigenvalue weighted by Gasteiger charge is 2.40. The van der Waals surface area contributed by atoms with E-state index in [4.69, 9.17) is 5.26 Å². The van der Waals surface area contributed by atoms with Gasteiger partial charge < -0.3 is 10.2 Å². The van der Waals surface area contributed by atoms with Crippen molar-refractivity contribution < 1.29 is 9.59 Å². The van der Waals surface area contributed by atoms with Gasteiger partial charge in [0.15, 0.2) is 0 Å². The summed E-state index contributed by atoms with van der Waals surface area (Å²) >= 11 is 0. The van der Waals surface area contributed by atoms with E-state index in [0.717, 1.165) is 22.3 Å². The summed E-state index contributed by atoms with van der Waals surface area (Å²) < 4.78 is 0. The molecule has 5 heteroatoms. The Morgan fingerprint density at radius 3 is 2.31 bits per heavy atom. The average molecular weight is 458 g/mol. The van der Waals surface area contributed by atoms with Gasteiger partial charge in [-0.1, -0.05) is 78.9 Å². The molecular weight excluding hydrogens is 434 g/mol. The fourth-order valence-corrected chi connectivity index (χ4v) is 4.48. The Balaban J connectivity index is 1.39. The molecule has 1 aliphatic rings. The lowest BCUT2D eigenvalue weighted by molar-refractivity contribution is -0.125. The molecule has 1 aliphatic heterocycles. The Kier molecular flexibility index (Phi) is 6.11. The Morgan fingerprint density at radius 2 is 1.54 bits per heavy atom. The highest BCUT2D eigenvalue weighted by Crippen LogP contribution is 2.35. The SMILES string of the molecule is N#Cc1ccc(CNC(=O)C2c3ccccc3C(=O)N2Cc2cccc(-c3ccccc3)c2)cc1. The molecule has 0 aliphatic carbocycles. The second-order valence-corrected chi connectivity index (χ2v) is 8.52. The highest BCUT2D eigenvalue weighted by molar-refractivity contribution is 6.04. The van der Waals surface area contributed by atoms with Gasteiger partial charge in [0, 0.05) is 18.7 Å². The van der Waals surface area contributed by atoms with E-state index in [0.29, 0.717) is 29.8 Å². The number of nitrogens with zero attached hydrogens (tertiary/aromatic N) is 2. The van der Waals surface area contributed by atoms with Crippen LogP contribution in [0.5, 0.6) is 0 Å². The second kappa shape index (κ2) is 9.66. The van der Waals surface area contributed by atoms with E-state index in [1.807, 2.05) is 66.7 Å². The monoisotopic (exact) mass is 457 g/mol. The molecule has 0 spiro atoms. The molecule has 1 N–H and O–H groups in total. The number of hydrogen-bond donors (Lipinski definition) is 1. The number of fused-ring (bicyclic) bond motifs is 1. The summed E-state index contributed by atoms with van der Waals surface area (Å²) in [6.07, 6.45) is 0. The second-order valence-electron chi connectivity index (χ2n) is 8.52. The van der Waals surface area contributed by atoms with Gasteiger partial charge in [-0.2, -0.15) is 5.26 Å². The molecule has 0 saturated heterocycles. The predicted octanol–water partition coefficient (Wildman–Crippen LogP) is 5.24. The Hall–Kier alpha value is -4.69. The number of hydrogen-bond acceptors (Lipinski definition) is 3. The van der Waals surface area contributed by atoms with Crippen LogP contribution in [0.15, 0.2) is 103 Å². The van der Waals surface area contributed by atoms with Gasteiger partial charge in [0.25, 0.3) is 5.91 Å². The third-order valence-corrected chi connectivity index (χ3v) is 6.24. The first kappa shape index (κ1) is 22.1. The van der Waals surface area contributed by atoms with Crippen LogP contribution in [0.4, 0.5) is 0 Å². The Bertz CT molecular complexity index is 1420. The van der Waals surface area contributed by atoms with Gasteiger partial charge >= 0.3 is 0 Å². The lowest BCUT2D eigenvalue weighted by Crippen LogP contribution is -2.38. The quantitative estimate of drug-likeness (QED) is 0.430.